The molecular formula is C12H13ClFNO4S. The van der Waals surface area contributed by atoms with Gasteiger partial charge in [0.2, 0.25) is 10.0 Å². The molecule has 110 valence electrons. The third-order valence-corrected chi connectivity index (χ3v) is 6.27. The van der Waals surface area contributed by atoms with Crippen molar-refractivity contribution >= 4 is 27.6 Å². The number of alkyl halides is 1. The van der Waals surface area contributed by atoms with Gasteiger partial charge in [-0.25, -0.2) is 12.8 Å². The maximum Gasteiger partial charge on any atom is 0.326 e. The summed E-state index contributed by atoms with van der Waals surface area (Å²) in [5.41, 5.74) is -0.228. The van der Waals surface area contributed by atoms with Crippen molar-refractivity contribution in [2.24, 2.45) is 0 Å². The van der Waals surface area contributed by atoms with Crippen LogP contribution >= 0.6 is 11.6 Å². The molecule has 2 rings (SSSR count). The Hall–Kier alpha value is -1.18. The van der Waals surface area contributed by atoms with E-state index in [1.165, 1.54) is 18.2 Å². The zero-order valence-corrected chi connectivity index (χ0v) is 11.9. The van der Waals surface area contributed by atoms with Crippen LogP contribution in [0.25, 0.3) is 0 Å². The lowest BCUT2D eigenvalue weighted by molar-refractivity contribution is -0.139. The van der Waals surface area contributed by atoms with Crippen LogP contribution in [0, 0.1) is 5.82 Å². The number of nitrogens with one attached hydrogen (secondary N) is 1. The lowest BCUT2D eigenvalue weighted by Gasteiger charge is -2.19. The fraction of sp³-hybridized carbons (Fsp3) is 0.417. The molecule has 20 heavy (non-hydrogen) atoms. The number of rotatable bonds is 6. The highest BCUT2D eigenvalue weighted by Crippen LogP contribution is 2.44. The van der Waals surface area contributed by atoms with Crippen LogP contribution in [0.2, 0.25) is 0 Å². The number of carboxylic acid groups (broad SMARTS) is 1. The zero-order valence-electron chi connectivity index (χ0n) is 10.3. The third kappa shape index (κ3) is 2.65. The second-order valence-corrected chi connectivity index (χ2v) is 7.11. The van der Waals surface area contributed by atoms with Gasteiger partial charge in [0, 0.05) is 11.4 Å². The van der Waals surface area contributed by atoms with E-state index >= 15 is 0 Å². The second-order valence-electron chi connectivity index (χ2n) is 4.73. The average Bonchev–Trinajstić information content (AvgIpc) is 3.18. The summed E-state index contributed by atoms with van der Waals surface area (Å²) >= 11 is 5.64. The minimum Gasteiger partial charge on any atom is -0.480 e. The van der Waals surface area contributed by atoms with E-state index in [4.69, 9.17) is 16.7 Å². The molecule has 0 spiro atoms. The van der Waals surface area contributed by atoms with Crippen molar-refractivity contribution in [2.75, 3.05) is 5.88 Å². The monoisotopic (exact) mass is 321 g/mol. The predicted molar refractivity (Wildman–Crippen MR) is 71.5 cm³/mol. The molecule has 1 unspecified atom stereocenters. The molecule has 1 aliphatic rings. The summed E-state index contributed by atoms with van der Waals surface area (Å²) < 4.78 is 38.9. The molecule has 2 N–H and O–H groups in total. The largest absolute Gasteiger partial charge is 0.480 e. The van der Waals surface area contributed by atoms with Gasteiger partial charge in [-0.05, 0) is 18.9 Å². The summed E-state index contributed by atoms with van der Waals surface area (Å²) in [4.78, 5) is 11.2. The number of benzene rings is 1. The highest BCUT2D eigenvalue weighted by atomic mass is 35.5. The first-order chi connectivity index (χ1) is 9.33. The Bertz CT molecular complexity index is 630. The van der Waals surface area contributed by atoms with Crippen LogP contribution in [-0.2, 0) is 14.8 Å². The Morgan fingerprint density at radius 3 is 2.50 bits per heavy atom. The molecule has 1 aliphatic carbocycles. The van der Waals surface area contributed by atoms with Gasteiger partial charge in [-0.3, -0.25) is 4.79 Å². The standard InChI is InChI=1S/C12H13ClFNO4S/c13-7-12(5-6-12)20(18,19)15-10(11(16)17)8-3-1-2-4-9(8)14/h1-4,10,15H,5-7H2,(H,16,17). The van der Waals surface area contributed by atoms with Crippen LogP contribution in [0.5, 0.6) is 0 Å². The molecule has 8 heteroatoms. The summed E-state index contributed by atoms with van der Waals surface area (Å²) in [6.07, 6.45) is 0.741. The van der Waals surface area contributed by atoms with Crippen LogP contribution in [0.1, 0.15) is 24.4 Å². The topological polar surface area (TPSA) is 83.5 Å². The summed E-state index contributed by atoms with van der Waals surface area (Å²) in [5, 5.41) is 9.15. The van der Waals surface area contributed by atoms with E-state index in [0.29, 0.717) is 12.8 Å². The number of hydrogen-bond donors (Lipinski definition) is 2. The molecule has 1 fully saturated rings. The zero-order chi connectivity index (χ0) is 15.0. The summed E-state index contributed by atoms with van der Waals surface area (Å²) in [6.45, 7) is 0. The van der Waals surface area contributed by atoms with Crippen LogP contribution in [0.4, 0.5) is 4.39 Å². The van der Waals surface area contributed by atoms with E-state index in [1.807, 2.05) is 0 Å². The summed E-state index contributed by atoms with van der Waals surface area (Å²) in [7, 11) is -3.94. The number of carbonyl (C=O) groups is 1. The second kappa shape index (κ2) is 5.31. The van der Waals surface area contributed by atoms with Gasteiger partial charge in [-0.1, -0.05) is 18.2 Å². The number of sulfonamides is 1. The van der Waals surface area contributed by atoms with E-state index < -0.39 is 32.6 Å². The Labute approximate surface area is 120 Å². The summed E-state index contributed by atoms with van der Waals surface area (Å²) in [6, 6.07) is 3.48. The van der Waals surface area contributed by atoms with Crippen molar-refractivity contribution in [3.05, 3.63) is 35.6 Å². The molecule has 0 amide bonds. The Balaban J connectivity index is 2.33. The molecular weight excluding hydrogens is 309 g/mol. The lowest BCUT2D eigenvalue weighted by Crippen LogP contribution is -2.42. The molecule has 0 radical (unpaired) electrons. The maximum atomic E-state index is 13.6. The molecule has 0 aliphatic heterocycles. The van der Waals surface area contributed by atoms with E-state index in [2.05, 4.69) is 4.72 Å². The number of carboxylic acids is 1. The van der Waals surface area contributed by atoms with Crippen LogP contribution in [-0.4, -0.2) is 30.1 Å². The van der Waals surface area contributed by atoms with Crippen molar-refractivity contribution < 1.29 is 22.7 Å². The number of halogens is 2. The first kappa shape index (κ1) is 15.2. The SMILES string of the molecule is O=C(O)C(NS(=O)(=O)C1(CCl)CC1)c1ccccc1F. The Morgan fingerprint density at radius 1 is 1.45 bits per heavy atom. The molecule has 5 nitrogen and oxygen atoms in total. The highest BCUT2D eigenvalue weighted by molar-refractivity contribution is 7.91. The van der Waals surface area contributed by atoms with Crippen molar-refractivity contribution in [3.63, 3.8) is 0 Å². The maximum absolute atomic E-state index is 13.6. The van der Waals surface area contributed by atoms with Gasteiger partial charge in [0.25, 0.3) is 0 Å². The van der Waals surface area contributed by atoms with Crippen molar-refractivity contribution in [2.45, 2.75) is 23.6 Å². The fourth-order valence-electron chi connectivity index (χ4n) is 1.85. The highest BCUT2D eigenvalue weighted by Gasteiger charge is 2.55. The smallest absolute Gasteiger partial charge is 0.326 e. The van der Waals surface area contributed by atoms with Gasteiger partial charge in [0.15, 0.2) is 0 Å². The predicted octanol–water partition coefficient (Wildman–Crippen LogP) is 1.64. The number of aliphatic carboxylic acids is 1. The van der Waals surface area contributed by atoms with Crippen LogP contribution < -0.4 is 4.72 Å². The average molecular weight is 322 g/mol. The van der Waals surface area contributed by atoms with E-state index in [9.17, 15) is 17.6 Å². The molecule has 1 saturated carbocycles. The number of hydrogen-bond acceptors (Lipinski definition) is 3. The van der Waals surface area contributed by atoms with Crippen molar-refractivity contribution in [3.8, 4) is 0 Å². The van der Waals surface area contributed by atoms with Crippen molar-refractivity contribution in [1.82, 2.24) is 4.72 Å². The first-order valence-corrected chi connectivity index (χ1v) is 7.90. The molecule has 1 aromatic rings. The van der Waals surface area contributed by atoms with Gasteiger partial charge in [0.05, 0.1) is 4.75 Å². The summed E-state index contributed by atoms with van der Waals surface area (Å²) in [5.74, 6) is -2.37. The normalized spacial score (nSPS) is 18.5. The lowest BCUT2D eigenvalue weighted by atomic mass is 10.1. The molecule has 0 bridgehead atoms. The quantitative estimate of drug-likeness (QED) is 0.780. The molecule has 0 heterocycles. The van der Waals surface area contributed by atoms with E-state index in [-0.39, 0.29) is 11.4 Å². The van der Waals surface area contributed by atoms with Gasteiger partial charge in [-0.15, -0.1) is 11.6 Å². The minimum absolute atomic E-state index is 0.119. The molecule has 0 aromatic heterocycles. The Kier molecular flexibility index (Phi) is 4.04. The fourth-order valence-corrected chi connectivity index (χ4v) is 4.12. The van der Waals surface area contributed by atoms with Gasteiger partial charge < -0.3 is 5.11 Å². The third-order valence-electron chi connectivity index (χ3n) is 3.36. The van der Waals surface area contributed by atoms with E-state index in [1.54, 1.807) is 0 Å². The van der Waals surface area contributed by atoms with Crippen LogP contribution in [0.15, 0.2) is 24.3 Å². The van der Waals surface area contributed by atoms with E-state index in [0.717, 1.165) is 6.07 Å². The molecule has 1 aromatic carbocycles. The Morgan fingerprint density at radius 2 is 2.05 bits per heavy atom. The van der Waals surface area contributed by atoms with Gasteiger partial charge in [-0.2, -0.15) is 4.72 Å². The molecule has 0 saturated heterocycles. The molecule has 1 atom stereocenters. The van der Waals surface area contributed by atoms with Crippen molar-refractivity contribution in [1.29, 1.82) is 0 Å². The minimum atomic E-state index is -3.94. The van der Waals surface area contributed by atoms with Crippen LogP contribution in [0.3, 0.4) is 0 Å². The van der Waals surface area contributed by atoms with Gasteiger partial charge >= 0.3 is 5.97 Å². The first-order valence-electron chi connectivity index (χ1n) is 5.88. The van der Waals surface area contributed by atoms with Gasteiger partial charge in [0.1, 0.15) is 11.9 Å².